The van der Waals surface area contributed by atoms with Crippen LogP contribution < -0.4 is 19.7 Å². The molecule has 1 aromatic carbocycles. The normalized spacial score (nSPS) is 16.8. The molecule has 4 aromatic heterocycles. The molecule has 1 amide bonds. The Kier molecular flexibility index (Phi) is 5.04. The number of carbonyl (C=O) groups is 1. The van der Waals surface area contributed by atoms with Crippen molar-refractivity contribution < 1.29 is 24.1 Å². The molecule has 2 aliphatic heterocycles. The lowest BCUT2D eigenvalue weighted by Crippen LogP contribution is -2.26. The van der Waals surface area contributed by atoms with Crippen molar-refractivity contribution >= 4 is 34.1 Å². The highest BCUT2D eigenvalue weighted by Gasteiger charge is 2.35. The SMILES string of the molecule is COc1cc2c(cc1-n1nc(N3C[C@@H](CO)OC3=O)c3cnc(-c4cnn5cccnc45)cc31)OCCN2. The van der Waals surface area contributed by atoms with Gasteiger partial charge in [0.1, 0.15) is 29.9 Å². The summed E-state index contributed by atoms with van der Waals surface area (Å²) in [5.41, 5.74) is 4.14. The van der Waals surface area contributed by atoms with Gasteiger partial charge in [0.2, 0.25) is 0 Å². The number of benzene rings is 1. The predicted octanol–water partition coefficient (Wildman–Crippen LogP) is 2.26. The van der Waals surface area contributed by atoms with Crippen molar-refractivity contribution in [3.05, 3.63) is 49.1 Å². The number of carbonyl (C=O) groups excluding carboxylic acids is 1. The van der Waals surface area contributed by atoms with Crippen LogP contribution in [0.5, 0.6) is 11.5 Å². The second-order valence-corrected chi connectivity index (χ2v) is 8.86. The highest BCUT2D eigenvalue weighted by molar-refractivity contribution is 6.01. The van der Waals surface area contributed by atoms with Crippen molar-refractivity contribution in [2.45, 2.75) is 6.10 Å². The smallest absolute Gasteiger partial charge is 0.416 e. The number of pyridine rings is 1. The number of hydrogen-bond donors (Lipinski definition) is 2. The number of ether oxygens (including phenoxy) is 3. The van der Waals surface area contributed by atoms with Gasteiger partial charge in [-0.3, -0.25) is 9.88 Å². The lowest BCUT2D eigenvalue weighted by molar-refractivity contribution is 0.0963. The molecule has 13 heteroatoms. The standard InChI is InChI=1S/C25H22N8O5/c1-36-22-8-18-21(37-6-4-26-18)9-20(22)33-19-7-17(15-11-29-32-5-2-3-27-23(15)32)28-10-16(19)24(30-33)31-12-14(13-34)38-25(31)35/h2-3,5,7-11,14,26,34H,4,6,12-13H2,1H3/t14-/m0/s1. The average Bonchev–Trinajstić information content (AvgIpc) is 3.66. The Morgan fingerprint density at radius 3 is 3.00 bits per heavy atom. The number of anilines is 2. The van der Waals surface area contributed by atoms with E-state index in [1.54, 1.807) is 41.0 Å². The van der Waals surface area contributed by atoms with Crippen molar-refractivity contribution in [2.75, 3.05) is 43.6 Å². The summed E-state index contributed by atoms with van der Waals surface area (Å²) in [5, 5.41) is 22.7. The van der Waals surface area contributed by atoms with E-state index in [0.29, 0.717) is 58.4 Å². The Morgan fingerprint density at radius 2 is 2.16 bits per heavy atom. The number of nitrogens with zero attached hydrogens (tertiary/aromatic N) is 7. The molecule has 1 saturated heterocycles. The third kappa shape index (κ3) is 3.39. The maximum Gasteiger partial charge on any atom is 0.416 e. The first-order valence-corrected chi connectivity index (χ1v) is 12.0. The van der Waals surface area contributed by atoms with Crippen LogP contribution in [0.4, 0.5) is 16.3 Å². The van der Waals surface area contributed by atoms with Crippen molar-refractivity contribution in [2.24, 2.45) is 0 Å². The second-order valence-electron chi connectivity index (χ2n) is 8.86. The van der Waals surface area contributed by atoms with Crippen LogP contribution in [0.3, 0.4) is 0 Å². The summed E-state index contributed by atoms with van der Waals surface area (Å²) >= 11 is 0. The monoisotopic (exact) mass is 514 g/mol. The number of nitrogens with one attached hydrogen (secondary N) is 1. The maximum absolute atomic E-state index is 12.7. The first kappa shape index (κ1) is 22.3. The molecule has 0 bridgehead atoms. The lowest BCUT2D eigenvalue weighted by Gasteiger charge is -2.21. The van der Waals surface area contributed by atoms with Gasteiger partial charge in [0, 0.05) is 37.3 Å². The van der Waals surface area contributed by atoms with Crippen LogP contribution in [0, 0.1) is 0 Å². The molecule has 38 heavy (non-hydrogen) atoms. The fraction of sp³-hybridized carbons (Fsp3) is 0.240. The zero-order chi connectivity index (χ0) is 25.8. The second kappa shape index (κ2) is 8.59. The minimum Gasteiger partial charge on any atom is -0.494 e. The summed E-state index contributed by atoms with van der Waals surface area (Å²) in [6.07, 6.45) is 5.66. The van der Waals surface area contributed by atoms with E-state index >= 15 is 0 Å². The number of aromatic nitrogens is 6. The topological polar surface area (TPSA) is 141 Å². The van der Waals surface area contributed by atoms with Gasteiger partial charge >= 0.3 is 6.09 Å². The summed E-state index contributed by atoms with van der Waals surface area (Å²) in [5.74, 6) is 1.59. The molecule has 0 spiro atoms. The first-order chi connectivity index (χ1) is 18.6. The van der Waals surface area contributed by atoms with E-state index in [0.717, 1.165) is 11.3 Å². The van der Waals surface area contributed by atoms with Crippen molar-refractivity contribution in [3.8, 4) is 28.4 Å². The van der Waals surface area contributed by atoms with Crippen LogP contribution >= 0.6 is 0 Å². The molecule has 5 aromatic rings. The average molecular weight is 515 g/mol. The number of aliphatic hydroxyl groups excluding tert-OH is 1. The molecule has 7 rings (SSSR count). The summed E-state index contributed by atoms with van der Waals surface area (Å²) in [6, 6.07) is 7.39. The Bertz CT molecular complexity index is 1710. The summed E-state index contributed by atoms with van der Waals surface area (Å²) in [6.45, 7) is 1.10. The van der Waals surface area contributed by atoms with Gasteiger partial charge in [0.15, 0.2) is 11.5 Å². The van der Waals surface area contributed by atoms with Crippen molar-refractivity contribution in [1.82, 2.24) is 29.4 Å². The van der Waals surface area contributed by atoms with E-state index < -0.39 is 12.2 Å². The minimum absolute atomic E-state index is 0.162. The Balaban J connectivity index is 1.46. The molecule has 13 nitrogen and oxygen atoms in total. The fourth-order valence-electron chi connectivity index (χ4n) is 4.80. The largest absolute Gasteiger partial charge is 0.494 e. The van der Waals surface area contributed by atoms with Crippen LogP contribution in [0.1, 0.15) is 0 Å². The highest BCUT2D eigenvalue weighted by atomic mass is 16.6. The van der Waals surface area contributed by atoms with Crippen LogP contribution in [0.25, 0.3) is 33.5 Å². The third-order valence-electron chi connectivity index (χ3n) is 6.62. The lowest BCUT2D eigenvalue weighted by atomic mass is 10.1. The molecule has 2 N–H and O–H groups in total. The van der Waals surface area contributed by atoms with Gasteiger partial charge < -0.3 is 24.6 Å². The van der Waals surface area contributed by atoms with E-state index in [1.807, 2.05) is 24.4 Å². The van der Waals surface area contributed by atoms with Crippen LogP contribution in [-0.4, -0.2) is 80.1 Å². The molecule has 1 atom stereocenters. The molecular weight excluding hydrogens is 492 g/mol. The number of amides is 1. The molecule has 2 aliphatic rings. The van der Waals surface area contributed by atoms with Gasteiger partial charge in [0.25, 0.3) is 0 Å². The quantitative estimate of drug-likeness (QED) is 0.359. The Morgan fingerprint density at radius 1 is 1.24 bits per heavy atom. The van der Waals surface area contributed by atoms with E-state index in [9.17, 15) is 9.90 Å². The fourth-order valence-corrected chi connectivity index (χ4v) is 4.80. The van der Waals surface area contributed by atoms with Crippen molar-refractivity contribution in [1.29, 1.82) is 0 Å². The van der Waals surface area contributed by atoms with Gasteiger partial charge in [-0.1, -0.05) is 0 Å². The molecule has 0 unspecified atom stereocenters. The van der Waals surface area contributed by atoms with E-state index in [2.05, 4.69) is 20.4 Å². The number of aliphatic hydroxyl groups is 1. The van der Waals surface area contributed by atoms with Crippen molar-refractivity contribution in [3.63, 3.8) is 0 Å². The summed E-state index contributed by atoms with van der Waals surface area (Å²) < 4.78 is 20.3. The minimum atomic E-state index is -0.641. The third-order valence-corrected chi connectivity index (χ3v) is 6.62. The van der Waals surface area contributed by atoms with Gasteiger partial charge in [-0.15, -0.1) is 5.10 Å². The predicted molar refractivity (Wildman–Crippen MR) is 136 cm³/mol. The molecule has 1 fully saturated rings. The van der Waals surface area contributed by atoms with Crippen LogP contribution in [0.15, 0.2) is 49.1 Å². The number of rotatable bonds is 5. The number of methoxy groups -OCH3 is 1. The van der Waals surface area contributed by atoms with E-state index in [-0.39, 0.29) is 13.2 Å². The summed E-state index contributed by atoms with van der Waals surface area (Å²) in [4.78, 5) is 23.2. The molecule has 0 saturated carbocycles. The maximum atomic E-state index is 12.7. The van der Waals surface area contributed by atoms with E-state index in [4.69, 9.17) is 19.3 Å². The molecule has 0 aliphatic carbocycles. The zero-order valence-corrected chi connectivity index (χ0v) is 20.2. The van der Waals surface area contributed by atoms with E-state index in [1.165, 1.54) is 4.90 Å². The van der Waals surface area contributed by atoms with Gasteiger partial charge in [-0.05, 0) is 12.1 Å². The van der Waals surface area contributed by atoms with Gasteiger partial charge in [-0.2, -0.15) is 5.10 Å². The number of fused-ring (bicyclic) bond motifs is 3. The summed E-state index contributed by atoms with van der Waals surface area (Å²) in [7, 11) is 1.59. The molecule has 192 valence electrons. The molecule has 6 heterocycles. The number of cyclic esters (lactones) is 1. The first-order valence-electron chi connectivity index (χ1n) is 12.0. The van der Waals surface area contributed by atoms with Crippen LogP contribution in [-0.2, 0) is 4.74 Å². The molecular formula is C25H22N8O5. The zero-order valence-electron chi connectivity index (χ0n) is 20.2. The van der Waals surface area contributed by atoms with Crippen LogP contribution in [0.2, 0.25) is 0 Å². The highest BCUT2D eigenvalue weighted by Crippen LogP contribution is 2.40. The number of hydrogen-bond acceptors (Lipinski definition) is 10. The van der Waals surface area contributed by atoms with Gasteiger partial charge in [-0.25, -0.2) is 19.0 Å². The van der Waals surface area contributed by atoms with Gasteiger partial charge in [0.05, 0.1) is 54.3 Å². The Hall–Kier alpha value is -4.91. The Labute approximate surface area is 215 Å². The molecule has 0 radical (unpaired) electrons.